The predicted octanol–water partition coefficient (Wildman–Crippen LogP) is 3.32. The average Bonchev–Trinajstić information content (AvgIpc) is 2.81. The van der Waals surface area contributed by atoms with Gasteiger partial charge in [0.05, 0.1) is 0 Å². The molecule has 2 unspecified atom stereocenters. The van der Waals surface area contributed by atoms with Crippen LogP contribution in [0.3, 0.4) is 0 Å². The summed E-state index contributed by atoms with van der Waals surface area (Å²) in [6, 6.07) is 6.08. The molecule has 0 aromatic heterocycles. The Hall–Kier alpha value is -2.75. The van der Waals surface area contributed by atoms with Gasteiger partial charge in [0.1, 0.15) is 17.7 Å². The van der Waals surface area contributed by atoms with E-state index in [9.17, 15) is 19.2 Å². The quantitative estimate of drug-likeness (QED) is 0.460. The lowest BCUT2D eigenvalue weighted by atomic mass is 9.95. The zero-order chi connectivity index (χ0) is 26.9. The fraction of sp³-hybridized carbons (Fsp3) is 0.615. The molecule has 0 spiro atoms. The van der Waals surface area contributed by atoms with Crippen molar-refractivity contribution in [3.63, 3.8) is 0 Å². The SMILES string of the molecule is CSCCC(NC(=O)OC(C)(C)C)C(=O)N1CCC(C(=O)NC(C)C(=O)Nc2ccc(C)cc2)CC1. The van der Waals surface area contributed by atoms with Crippen LogP contribution in [0.25, 0.3) is 0 Å². The maximum Gasteiger partial charge on any atom is 0.408 e. The van der Waals surface area contributed by atoms with Crippen molar-refractivity contribution in [2.75, 3.05) is 30.4 Å². The van der Waals surface area contributed by atoms with Crippen molar-refractivity contribution in [3.05, 3.63) is 29.8 Å². The molecule has 1 aliphatic rings. The number of aryl methyl sites for hydroxylation is 1. The molecule has 2 atom stereocenters. The van der Waals surface area contributed by atoms with Gasteiger partial charge in [-0.1, -0.05) is 17.7 Å². The summed E-state index contributed by atoms with van der Waals surface area (Å²) >= 11 is 1.60. The minimum absolute atomic E-state index is 0.167. The number of thioether (sulfide) groups is 1. The van der Waals surface area contributed by atoms with E-state index in [2.05, 4.69) is 16.0 Å². The van der Waals surface area contributed by atoms with E-state index in [0.29, 0.717) is 43.8 Å². The summed E-state index contributed by atoms with van der Waals surface area (Å²) < 4.78 is 5.32. The minimum Gasteiger partial charge on any atom is -0.444 e. The number of rotatable bonds is 9. The van der Waals surface area contributed by atoms with Crippen molar-refractivity contribution in [1.29, 1.82) is 0 Å². The maximum atomic E-state index is 13.1. The summed E-state index contributed by atoms with van der Waals surface area (Å²) in [5, 5.41) is 8.31. The van der Waals surface area contributed by atoms with E-state index < -0.39 is 23.8 Å². The number of likely N-dealkylation sites (tertiary alicyclic amines) is 1. The number of nitrogens with zero attached hydrogens (tertiary/aromatic N) is 1. The van der Waals surface area contributed by atoms with E-state index in [1.807, 2.05) is 37.4 Å². The Morgan fingerprint density at radius 2 is 1.69 bits per heavy atom. The number of piperidine rings is 1. The number of hydrogen-bond acceptors (Lipinski definition) is 6. The molecule has 36 heavy (non-hydrogen) atoms. The monoisotopic (exact) mass is 520 g/mol. The molecular formula is C26H40N4O5S. The molecule has 1 heterocycles. The van der Waals surface area contributed by atoms with Gasteiger partial charge in [-0.2, -0.15) is 11.8 Å². The van der Waals surface area contributed by atoms with Gasteiger partial charge >= 0.3 is 6.09 Å². The van der Waals surface area contributed by atoms with Crippen LogP contribution in [-0.4, -0.2) is 71.5 Å². The molecule has 1 aliphatic heterocycles. The molecule has 4 amide bonds. The summed E-state index contributed by atoms with van der Waals surface area (Å²) in [7, 11) is 0. The highest BCUT2D eigenvalue weighted by Crippen LogP contribution is 2.20. The van der Waals surface area contributed by atoms with Crippen LogP contribution < -0.4 is 16.0 Å². The Balaban J connectivity index is 1.86. The topological polar surface area (TPSA) is 117 Å². The van der Waals surface area contributed by atoms with Gasteiger partial charge in [-0.15, -0.1) is 0 Å². The molecule has 3 N–H and O–H groups in total. The number of carbonyl (C=O) groups is 4. The molecule has 0 radical (unpaired) electrons. The third-order valence-electron chi connectivity index (χ3n) is 5.85. The maximum absolute atomic E-state index is 13.1. The summed E-state index contributed by atoms with van der Waals surface area (Å²) in [4.78, 5) is 52.3. The molecule has 200 valence electrons. The Labute approximate surface area is 218 Å². The van der Waals surface area contributed by atoms with Gasteiger partial charge in [0, 0.05) is 24.7 Å². The van der Waals surface area contributed by atoms with E-state index in [1.54, 1.807) is 44.4 Å². The summed E-state index contributed by atoms with van der Waals surface area (Å²) in [5.41, 5.74) is 1.11. The Bertz CT molecular complexity index is 908. The van der Waals surface area contributed by atoms with E-state index in [4.69, 9.17) is 4.74 Å². The highest BCUT2D eigenvalue weighted by molar-refractivity contribution is 7.98. The summed E-state index contributed by atoms with van der Waals surface area (Å²) in [6.07, 6.45) is 2.81. The number of nitrogens with one attached hydrogen (secondary N) is 3. The number of ether oxygens (including phenoxy) is 1. The summed E-state index contributed by atoms with van der Waals surface area (Å²) in [6.45, 7) is 9.75. The first-order valence-electron chi connectivity index (χ1n) is 12.3. The number of amides is 4. The van der Waals surface area contributed by atoms with Crippen molar-refractivity contribution >= 4 is 41.3 Å². The van der Waals surface area contributed by atoms with Gasteiger partial charge in [0.15, 0.2) is 0 Å². The van der Waals surface area contributed by atoms with Crippen molar-refractivity contribution in [2.24, 2.45) is 5.92 Å². The third-order valence-corrected chi connectivity index (χ3v) is 6.49. The normalized spacial score (nSPS) is 16.0. The molecule has 1 aromatic rings. The minimum atomic E-state index is -0.688. The molecule has 0 aliphatic carbocycles. The second kappa shape index (κ2) is 13.5. The van der Waals surface area contributed by atoms with Crippen LogP contribution in [0, 0.1) is 12.8 Å². The van der Waals surface area contributed by atoms with E-state index in [1.165, 1.54) is 0 Å². The van der Waals surface area contributed by atoms with E-state index in [0.717, 1.165) is 5.56 Å². The van der Waals surface area contributed by atoms with Gasteiger partial charge in [0.2, 0.25) is 17.7 Å². The first kappa shape index (κ1) is 29.5. The van der Waals surface area contributed by atoms with Crippen molar-refractivity contribution < 1.29 is 23.9 Å². The van der Waals surface area contributed by atoms with Crippen LogP contribution in [0.5, 0.6) is 0 Å². The van der Waals surface area contributed by atoms with Crippen LogP contribution in [-0.2, 0) is 19.1 Å². The molecule has 0 saturated carbocycles. The molecule has 0 bridgehead atoms. The second-order valence-electron chi connectivity index (χ2n) is 10.2. The lowest BCUT2D eigenvalue weighted by molar-refractivity contribution is -0.137. The molecular weight excluding hydrogens is 480 g/mol. The van der Waals surface area contributed by atoms with Gasteiger partial charge in [-0.05, 0) is 78.0 Å². The fourth-order valence-electron chi connectivity index (χ4n) is 3.81. The highest BCUT2D eigenvalue weighted by Gasteiger charge is 2.33. The zero-order valence-corrected chi connectivity index (χ0v) is 23.0. The number of hydrogen-bond donors (Lipinski definition) is 3. The first-order chi connectivity index (χ1) is 16.9. The van der Waals surface area contributed by atoms with E-state index >= 15 is 0 Å². The van der Waals surface area contributed by atoms with Crippen LogP contribution in [0.15, 0.2) is 24.3 Å². The smallest absolute Gasteiger partial charge is 0.408 e. The van der Waals surface area contributed by atoms with Crippen LogP contribution >= 0.6 is 11.8 Å². The van der Waals surface area contributed by atoms with Crippen LogP contribution in [0.1, 0.15) is 52.5 Å². The largest absolute Gasteiger partial charge is 0.444 e. The Morgan fingerprint density at radius 3 is 2.25 bits per heavy atom. The Kier molecular flexibility index (Phi) is 11.1. The van der Waals surface area contributed by atoms with Crippen molar-refractivity contribution in [3.8, 4) is 0 Å². The Morgan fingerprint density at radius 1 is 1.08 bits per heavy atom. The van der Waals surface area contributed by atoms with Gasteiger partial charge < -0.3 is 25.6 Å². The van der Waals surface area contributed by atoms with Crippen LogP contribution in [0.4, 0.5) is 10.5 Å². The lowest BCUT2D eigenvalue weighted by Crippen LogP contribution is -2.53. The van der Waals surface area contributed by atoms with Crippen molar-refractivity contribution in [1.82, 2.24) is 15.5 Å². The van der Waals surface area contributed by atoms with Crippen LogP contribution in [0.2, 0.25) is 0 Å². The number of anilines is 1. The van der Waals surface area contributed by atoms with E-state index in [-0.39, 0.29) is 23.6 Å². The van der Waals surface area contributed by atoms with Crippen molar-refractivity contribution in [2.45, 2.75) is 71.6 Å². The highest BCUT2D eigenvalue weighted by atomic mass is 32.2. The van der Waals surface area contributed by atoms with Gasteiger partial charge in [-0.25, -0.2) is 4.79 Å². The lowest BCUT2D eigenvalue weighted by Gasteiger charge is -2.34. The standard InChI is InChI=1S/C26H40N4O5S/c1-17-7-9-20(10-8-17)28-22(31)18(2)27-23(32)19-11-14-30(15-12-19)24(33)21(13-16-36-6)29-25(34)35-26(3,4)5/h7-10,18-19,21H,11-16H2,1-6H3,(H,27,32)(H,28,31)(H,29,34). The fourth-order valence-corrected chi connectivity index (χ4v) is 4.28. The van der Waals surface area contributed by atoms with Gasteiger partial charge in [0.25, 0.3) is 0 Å². The third kappa shape index (κ3) is 9.72. The second-order valence-corrected chi connectivity index (χ2v) is 11.2. The molecule has 1 saturated heterocycles. The number of carbonyl (C=O) groups excluding carboxylic acids is 4. The predicted molar refractivity (Wildman–Crippen MR) is 143 cm³/mol. The zero-order valence-electron chi connectivity index (χ0n) is 22.2. The number of benzene rings is 1. The van der Waals surface area contributed by atoms with Gasteiger partial charge in [-0.3, -0.25) is 14.4 Å². The number of alkyl carbamates (subject to hydrolysis) is 1. The molecule has 2 rings (SSSR count). The molecule has 9 nitrogen and oxygen atoms in total. The molecule has 1 fully saturated rings. The first-order valence-corrected chi connectivity index (χ1v) is 13.7. The molecule has 10 heteroatoms. The molecule has 1 aromatic carbocycles. The average molecular weight is 521 g/mol. The summed E-state index contributed by atoms with van der Waals surface area (Å²) in [5.74, 6) is -0.218.